The van der Waals surface area contributed by atoms with Crippen LogP contribution in [0.3, 0.4) is 0 Å². The number of hydrogen-bond donors (Lipinski definition) is 3. The van der Waals surface area contributed by atoms with Gasteiger partial charge in [-0.1, -0.05) is 0 Å². The van der Waals surface area contributed by atoms with Crippen LogP contribution in [0, 0.1) is 11.3 Å². The lowest BCUT2D eigenvalue weighted by Crippen LogP contribution is -2.48. The van der Waals surface area contributed by atoms with Crippen molar-refractivity contribution in [1.82, 2.24) is 0 Å². The van der Waals surface area contributed by atoms with Crippen molar-refractivity contribution in [3.8, 4) is 0 Å². The van der Waals surface area contributed by atoms with Crippen molar-refractivity contribution in [2.45, 2.75) is 51.7 Å². The maximum atomic E-state index is 9.94. The van der Waals surface area contributed by atoms with Crippen molar-refractivity contribution in [2.24, 2.45) is 11.7 Å². The minimum Gasteiger partial charge on any atom is -0.426 e. The zero-order valence-electron chi connectivity index (χ0n) is 11.1. The van der Waals surface area contributed by atoms with Crippen LogP contribution in [0.2, 0.25) is 0 Å². The first-order valence-electron chi connectivity index (χ1n) is 5.92. The summed E-state index contributed by atoms with van der Waals surface area (Å²) < 4.78 is 5.58. The van der Waals surface area contributed by atoms with Crippen LogP contribution in [0.1, 0.15) is 40.5 Å². The van der Waals surface area contributed by atoms with Gasteiger partial charge in [0.15, 0.2) is 0 Å². The Morgan fingerprint density at radius 3 is 2.29 bits per heavy atom. The standard InChI is InChI=1S/C12H22BN2O2/c1-11(2,16)12(3,4)17-13-9(7-14)10(15)8-5-6-8/h7-8,14,16H,5-6,15H2,1-4H3. The molecule has 0 spiro atoms. The van der Waals surface area contributed by atoms with E-state index in [-0.39, 0.29) is 0 Å². The highest BCUT2D eigenvalue weighted by Crippen LogP contribution is 2.35. The first-order chi connectivity index (χ1) is 7.69. The second-order valence-electron chi connectivity index (χ2n) is 5.63. The molecule has 17 heavy (non-hydrogen) atoms. The molecule has 0 unspecified atom stereocenters. The molecule has 0 heterocycles. The van der Waals surface area contributed by atoms with Crippen LogP contribution in [-0.2, 0) is 4.65 Å². The summed E-state index contributed by atoms with van der Waals surface area (Å²) in [5, 5.41) is 17.3. The van der Waals surface area contributed by atoms with Crippen LogP contribution in [0.25, 0.3) is 0 Å². The number of allylic oxidation sites excluding steroid dienone is 2. The van der Waals surface area contributed by atoms with Gasteiger partial charge in [-0.05, 0) is 51.9 Å². The molecule has 4 N–H and O–H groups in total. The van der Waals surface area contributed by atoms with Gasteiger partial charge in [-0.15, -0.1) is 0 Å². The normalized spacial score (nSPS) is 18.6. The van der Waals surface area contributed by atoms with Crippen molar-refractivity contribution < 1.29 is 9.76 Å². The average molecular weight is 237 g/mol. The minimum atomic E-state index is -0.967. The molecule has 4 nitrogen and oxygen atoms in total. The topological polar surface area (TPSA) is 79.3 Å². The van der Waals surface area contributed by atoms with E-state index in [1.807, 2.05) is 0 Å². The van der Waals surface area contributed by atoms with E-state index in [9.17, 15) is 5.11 Å². The van der Waals surface area contributed by atoms with E-state index in [1.165, 1.54) is 13.7 Å². The lowest BCUT2D eigenvalue weighted by molar-refractivity contribution is -0.0895. The Bertz CT molecular complexity index is 328. The number of nitrogens with two attached hydrogens (primary N) is 1. The summed E-state index contributed by atoms with van der Waals surface area (Å²) >= 11 is 0. The Morgan fingerprint density at radius 2 is 1.94 bits per heavy atom. The fourth-order valence-corrected chi connectivity index (χ4v) is 1.17. The third kappa shape index (κ3) is 3.58. The van der Waals surface area contributed by atoms with E-state index in [2.05, 4.69) is 0 Å². The van der Waals surface area contributed by atoms with Crippen molar-refractivity contribution in [1.29, 1.82) is 5.41 Å². The predicted molar refractivity (Wildman–Crippen MR) is 69.9 cm³/mol. The fourth-order valence-electron chi connectivity index (χ4n) is 1.17. The van der Waals surface area contributed by atoms with Gasteiger partial charge in [0.05, 0.1) is 11.2 Å². The number of rotatable bonds is 6. The number of hydrogen-bond acceptors (Lipinski definition) is 4. The molecule has 0 aromatic heterocycles. The van der Waals surface area contributed by atoms with E-state index in [0.29, 0.717) is 17.1 Å². The third-order valence-electron chi connectivity index (χ3n) is 3.46. The second kappa shape index (κ2) is 4.82. The van der Waals surface area contributed by atoms with Crippen LogP contribution in [0.5, 0.6) is 0 Å². The molecular formula is C12H22BN2O2. The van der Waals surface area contributed by atoms with Crippen molar-refractivity contribution >= 4 is 13.7 Å². The highest BCUT2D eigenvalue weighted by Gasteiger charge is 2.36. The largest absolute Gasteiger partial charge is 0.426 e. The summed E-state index contributed by atoms with van der Waals surface area (Å²) in [6, 6.07) is 0. The van der Waals surface area contributed by atoms with Gasteiger partial charge in [-0.3, -0.25) is 0 Å². The van der Waals surface area contributed by atoms with Gasteiger partial charge in [0.25, 0.3) is 0 Å². The van der Waals surface area contributed by atoms with Gasteiger partial charge >= 0.3 is 7.48 Å². The van der Waals surface area contributed by atoms with Gasteiger partial charge < -0.3 is 20.9 Å². The summed E-state index contributed by atoms with van der Waals surface area (Å²) in [4.78, 5) is 0. The quantitative estimate of drug-likeness (QED) is 0.482. The first-order valence-corrected chi connectivity index (χ1v) is 5.92. The highest BCUT2D eigenvalue weighted by molar-refractivity contribution is 6.46. The fraction of sp³-hybridized carbons (Fsp3) is 0.750. The van der Waals surface area contributed by atoms with E-state index >= 15 is 0 Å². The SMILES string of the molecule is CC(C)(O)C(C)(C)O[B]C(C=N)=C(N)C1CC1. The maximum absolute atomic E-state index is 9.94. The van der Waals surface area contributed by atoms with Crippen LogP contribution in [-0.4, -0.2) is 30.0 Å². The van der Waals surface area contributed by atoms with Crippen molar-refractivity contribution in [3.63, 3.8) is 0 Å². The Morgan fingerprint density at radius 1 is 1.41 bits per heavy atom. The van der Waals surface area contributed by atoms with E-state index in [4.69, 9.17) is 15.8 Å². The lowest BCUT2D eigenvalue weighted by Gasteiger charge is -2.37. The number of aliphatic hydroxyl groups is 1. The van der Waals surface area contributed by atoms with Gasteiger partial charge in [0.1, 0.15) is 0 Å². The second-order valence-corrected chi connectivity index (χ2v) is 5.63. The molecule has 0 aromatic carbocycles. The van der Waals surface area contributed by atoms with Crippen LogP contribution in [0.4, 0.5) is 0 Å². The van der Waals surface area contributed by atoms with Crippen LogP contribution < -0.4 is 5.73 Å². The van der Waals surface area contributed by atoms with E-state index in [1.54, 1.807) is 27.7 Å². The summed E-state index contributed by atoms with van der Waals surface area (Å²) in [6.07, 6.45) is 3.38. The summed E-state index contributed by atoms with van der Waals surface area (Å²) in [5.74, 6) is 0.400. The molecule has 1 aliphatic carbocycles. The van der Waals surface area contributed by atoms with Crippen LogP contribution in [0.15, 0.2) is 11.2 Å². The molecule has 95 valence electrons. The molecule has 5 heteroatoms. The van der Waals surface area contributed by atoms with Crippen LogP contribution >= 0.6 is 0 Å². The van der Waals surface area contributed by atoms with Crippen molar-refractivity contribution in [2.75, 3.05) is 0 Å². The molecule has 0 aromatic rings. The molecule has 1 rings (SSSR count). The molecular weight excluding hydrogens is 215 g/mol. The zero-order chi connectivity index (χ0) is 13.3. The lowest BCUT2D eigenvalue weighted by atomic mass is 9.81. The molecule has 0 atom stereocenters. The van der Waals surface area contributed by atoms with Crippen molar-refractivity contribution in [3.05, 3.63) is 11.2 Å². The summed E-state index contributed by atoms with van der Waals surface area (Å²) in [7, 11) is 1.48. The Kier molecular flexibility index (Phi) is 4.04. The molecule has 0 aliphatic heterocycles. The Balaban J connectivity index is 2.65. The molecule has 0 bridgehead atoms. The van der Waals surface area contributed by atoms with E-state index in [0.717, 1.165) is 12.8 Å². The molecule has 1 saturated carbocycles. The summed E-state index contributed by atoms with van der Waals surface area (Å²) in [5.41, 5.74) is 5.54. The predicted octanol–water partition coefficient (Wildman–Crippen LogP) is 1.40. The molecule has 1 radical (unpaired) electrons. The zero-order valence-corrected chi connectivity index (χ0v) is 11.1. The first kappa shape index (κ1) is 14.3. The average Bonchev–Trinajstić information content (AvgIpc) is 2.99. The number of nitrogens with one attached hydrogen (secondary N) is 1. The third-order valence-corrected chi connectivity index (χ3v) is 3.46. The Labute approximate surface area is 104 Å². The Hall–Kier alpha value is -0.805. The molecule has 1 aliphatic rings. The smallest absolute Gasteiger partial charge is 0.334 e. The van der Waals surface area contributed by atoms with Gasteiger partial charge in [-0.2, -0.15) is 0 Å². The molecule has 0 amide bonds. The van der Waals surface area contributed by atoms with Gasteiger partial charge in [-0.25, -0.2) is 0 Å². The maximum Gasteiger partial charge on any atom is 0.334 e. The summed E-state index contributed by atoms with van der Waals surface area (Å²) in [6.45, 7) is 6.99. The van der Waals surface area contributed by atoms with Gasteiger partial charge in [0.2, 0.25) is 0 Å². The highest BCUT2D eigenvalue weighted by atomic mass is 16.5. The molecule has 1 fully saturated rings. The minimum absolute atomic E-state index is 0.400. The monoisotopic (exact) mass is 237 g/mol. The van der Waals surface area contributed by atoms with Gasteiger partial charge in [0, 0.05) is 11.9 Å². The molecule has 0 saturated heterocycles. The van der Waals surface area contributed by atoms with E-state index < -0.39 is 11.2 Å².